The Kier molecular flexibility index (Phi) is 5.64. The van der Waals surface area contributed by atoms with Crippen molar-refractivity contribution >= 4 is 11.6 Å². The topological polar surface area (TPSA) is 79.9 Å². The minimum atomic E-state index is -0.0852. The molecule has 1 N–H and O–H groups in total. The Morgan fingerprint density at radius 1 is 1.04 bits per heavy atom. The minimum absolute atomic E-state index is 0.00232. The Bertz CT molecular complexity index is 1100. The van der Waals surface area contributed by atoms with Crippen LogP contribution >= 0.6 is 0 Å². The van der Waals surface area contributed by atoms with Crippen LogP contribution in [0, 0.1) is 6.92 Å². The van der Waals surface area contributed by atoms with E-state index in [0.717, 1.165) is 22.4 Å². The zero-order chi connectivity index (χ0) is 20.3. The van der Waals surface area contributed by atoms with E-state index < -0.39 is 0 Å². The first-order chi connectivity index (χ1) is 13.4. The van der Waals surface area contributed by atoms with Crippen LogP contribution in [0.2, 0.25) is 0 Å². The highest BCUT2D eigenvalue weighted by Gasteiger charge is 2.12. The summed E-state index contributed by atoms with van der Waals surface area (Å²) in [4.78, 5) is 43.1. The van der Waals surface area contributed by atoms with Gasteiger partial charge in [-0.3, -0.25) is 19.4 Å². The summed E-state index contributed by atoms with van der Waals surface area (Å²) < 4.78 is 0. The normalized spacial score (nSPS) is 10.7. The van der Waals surface area contributed by atoms with Crippen molar-refractivity contribution in [1.29, 1.82) is 0 Å². The Hall–Kier alpha value is -3.34. The first-order valence-corrected chi connectivity index (χ1v) is 9.20. The molecule has 0 atom stereocenters. The number of pyridine rings is 2. The smallest absolute Gasteiger partial charge is 0.251 e. The average molecular weight is 374 g/mol. The highest BCUT2D eigenvalue weighted by atomic mass is 16.1. The second kappa shape index (κ2) is 8.13. The Morgan fingerprint density at radius 2 is 1.75 bits per heavy atom. The number of Topliss-reactive ketones (excluding diaryl/α,β-unsaturated/α-hetero) is 2. The summed E-state index contributed by atoms with van der Waals surface area (Å²) in [5, 5.41) is 0. The molecule has 2 aromatic heterocycles. The summed E-state index contributed by atoms with van der Waals surface area (Å²) in [6.45, 7) is 5.28. The van der Waals surface area contributed by atoms with Crippen molar-refractivity contribution in [1.82, 2.24) is 9.97 Å². The highest BCUT2D eigenvalue weighted by Crippen LogP contribution is 2.23. The zero-order valence-corrected chi connectivity index (χ0v) is 16.2. The molecule has 1 aromatic carbocycles. The van der Waals surface area contributed by atoms with Crippen molar-refractivity contribution < 1.29 is 9.59 Å². The van der Waals surface area contributed by atoms with Crippen LogP contribution in [-0.2, 0) is 12.8 Å². The van der Waals surface area contributed by atoms with Crippen molar-refractivity contribution in [2.75, 3.05) is 0 Å². The Morgan fingerprint density at radius 3 is 2.39 bits per heavy atom. The highest BCUT2D eigenvalue weighted by molar-refractivity contribution is 5.98. The van der Waals surface area contributed by atoms with E-state index in [2.05, 4.69) is 9.97 Å². The number of hydrogen-bond donors (Lipinski definition) is 1. The lowest BCUT2D eigenvalue weighted by molar-refractivity contribution is 0.0990. The Balaban J connectivity index is 1.88. The molecule has 0 bridgehead atoms. The van der Waals surface area contributed by atoms with Crippen molar-refractivity contribution in [2.24, 2.45) is 0 Å². The van der Waals surface area contributed by atoms with Crippen LogP contribution in [0.4, 0.5) is 0 Å². The van der Waals surface area contributed by atoms with Gasteiger partial charge in [-0.05, 0) is 38.0 Å². The molecule has 3 aromatic rings. The number of rotatable bonds is 6. The molecule has 0 amide bonds. The van der Waals surface area contributed by atoms with Crippen LogP contribution in [0.3, 0.4) is 0 Å². The molecule has 0 aliphatic rings. The van der Waals surface area contributed by atoms with Gasteiger partial charge in [0.05, 0.1) is 0 Å². The maximum atomic E-state index is 12.7. The molecule has 0 saturated carbocycles. The van der Waals surface area contributed by atoms with Crippen LogP contribution in [0.5, 0.6) is 0 Å². The molecule has 0 fully saturated rings. The number of aryl methyl sites for hydroxylation is 2. The van der Waals surface area contributed by atoms with Crippen LogP contribution in [0.15, 0.2) is 53.6 Å². The molecule has 0 spiro atoms. The van der Waals surface area contributed by atoms with E-state index in [1.165, 1.54) is 6.92 Å². The van der Waals surface area contributed by atoms with E-state index in [0.29, 0.717) is 23.1 Å². The number of benzene rings is 1. The number of aromatic amines is 1. The summed E-state index contributed by atoms with van der Waals surface area (Å²) in [5.41, 5.74) is 4.99. The van der Waals surface area contributed by atoms with Gasteiger partial charge in [0.1, 0.15) is 0 Å². The second-order valence-electron chi connectivity index (χ2n) is 6.83. The first kappa shape index (κ1) is 19.4. The van der Waals surface area contributed by atoms with Crippen molar-refractivity contribution in [3.63, 3.8) is 0 Å². The molecule has 3 rings (SSSR count). The average Bonchev–Trinajstić information content (AvgIpc) is 2.68. The molecule has 0 aliphatic heterocycles. The number of nitrogens with zero attached hydrogens (tertiary/aromatic N) is 1. The SMILES string of the molecule is CCc1cc(-c2cncc(C(=O)Cc3ccc(C(C)=O)cc3)c2)c(C)[nH]c1=O. The van der Waals surface area contributed by atoms with Crippen LogP contribution in [0.25, 0.3) is 11.1 Å². The summed E-state index contributed by atoms with van der Waals surface area (Å²) >= 11 is 0. The van der Waals surface area contributed by atoms with Gasteiger partial charge < -0.3 is 4.98 Å². The van der Waals surface area contributed by atoms with Gasteiger partial charge in [-0.2, -0.15) is 0 Å². The fourth-order valence-electron chi connectivity index (χ4n) is 3.11. The van der Waals surface area contributed by atoms with Gasteiger partial charge in [-0.15, -0.1) is 0 Å². The fourth-order valence-corrected chi connectivity index (χ4v) is 3.11. The number of nitrogens with one attached hydrogen (secondary N) is 1. The summed E-state index contributed by atoms with van der Waals surface area (Å²) in [6.07, 6.45) is 4.11. The van der Waals surface area contributed by atoms with Gasteiger partial charge >= 0.3 is 0 Å². The predicted octanol–water partition coefficient (Wildman–Crippen LogP) is 3.94. The molecular weight excluding hydrogens is 352 g/mol. The van der Waals surface area contributed by atoms with E-state index in [1.807, 2.05) is 19.9 Å². The molecular formula is C23H22N2O3. The molecule has 0 saturated heterocycles. The minimum Gasteiger partial charge on any atom is -0.326 e. The van der Waals surface area contributed by atoms with Gasteiger partial charge in [-0.1, -0.05) is 31.2 Å². The quantitative estimate of drug-likeness (QED) is 0.663. The first-order valence-electron chi connectivity index (χ1n) is 9.20. The molecule has 5 nitrogen and oxygen atoms in total. The maximum Gasteiger partial charge on any atom is 0.251 e. The molecule has 0 radical (unpaired) electrons. The monoisotopic (exact) mass is 374 g/mol. The van der Waals surface area contributed by atoms with E-state index >= 15 is 0 Å². The summed E-state index contributed by atoms with van der Waals surface area (Å²) in [6, 6.07) is 10.7. The van der Waals surface area contributed by atoms with Crippen molar-refractivity contribution in [3.05, 3.63) is 87.1 Å². The second-order valence-corrected chi connectivity index (χ2v) is 6.83. The van der Waals surface area contributed by atoms with E-state index in [9.17, 15) is 14.4 Å². The number of carbonyl (C=O) groups excluding carboxylic acids is 2. The van der Waals surface area contributed by atoms with E-state index in [1.54, 1.807) is 42.7 Å². The molecule has 0 aliphatic carbocycles. The van der Waals surface area contributed by atoms with Crippen LogP contribution < -0.4 is 5.56 Å². The van der Waals surface area contributed by atoms with Crippen molar-refractivity contribution in [3.8, 4) is 11.1 Å². The fraction of sp³-hybridized carbons (Fsp3) is 0.217. The predicted molar refractivity (Wildman–Crippen MR) is 109 cm³/mol. The molecule has 2 heterocycles. The van der Waals surface area contributed by atoms with E-state index in [4.69, 9.17) is 0 Å². The number of hydrogen-bond acceptors (Lipinski definition) is 4. The maximum absolute atomic E-state index is 12.7. The number of carbonyl (C=O) groups is 2. The molecule has 28 heavy (non-hydrogen) atoms. The van der Waals surface area contributed by atoms with Crippen LogP contribution in [-0.4, -0.2) is 21.5 Å². The zero-order valence-electron chi connectivity index (χ0n) is 16.2. The number of H-pyrrole nitrogens is 1. The largest absolute Gasteiger partial charge is 0.326 e. The van der Waals surface area contributed by atoms with Crippen molar-refractivity contribution in [2.45, 2.75) is 33.6 Å². The molecule has 5 heteroatoms. The van der Waals surface area contributed by atoms with Gasteiger partial charge in [-0.25, -0.2) is 0 Å². The molecule has 0 unspecified atom stereocenters. The third-order valence-corrected chi connectivity index (χ3v) is 4.79. The lowest BCUT2D eigenvalue weighted by Gasteiger charge is -2.09. The van der Waals surface area contributed by atoms with E-state index in [-0.39, 0.29) is 23.5 Å². The van der Waals surface area contributed by atoms with Gasteiger partial charge in [0.2, 0.25) is 0 Å². The molecule has 142 valence electrons. The Labute approximate surface area is 163 Å². The number of ketones is 2. The summed E-state index contributed by atoms with van der Waals surface area (Å²) in [7, 11) is 0. The third-order valence-electron chi connectivity index (χ3n) is 4.79. The van der Waals surface area contributed by atoms with Gasteiger partial charge in [0.25, 0.3) is 5.56 Å². The van der Waals surface area contributed by atoms with Gasteiger partial charge in [0.15, 0.2) is 11.6 Å². The van der Waals surface area contributed by atoms with Crippen LogP contribution in [0.1, 0.15) is 51.4 Å². The van der Waals surface area contributed by atoms with Gasteiger partial charge in [0, 0.05) is 52.3 Å². The standard InChI is InChI=1S/C23H22N2O3/c1-4-17-11-21(14(2)25-23(17)28)19-10-20(13-24-12-19)22(27)9-16-5-7-18(8-6-16)15(3)26/h5-8,10-13H,4,9H2,1-3H3,(H,25,28). The lowest BCUT2D eigenvalue weighted by atomic mass is 9.98. The third kappa shape index (κ3) is 4.14. The number of aromatic nitrogens is 2. The lowest BCUT2D eigenvalue weighted by Crippen LogP contribution is -2.13. The summed E-state index contributed by atoms with van der Waals surface area (Å²) in [5.74, 6) is -0.0554.